The fourth-order valence-corrected chi connectivity index (χ4v) is 3.34. The number of carbonyl (C=O) groups excluding carboxylic acids is 1. The van der Waals surface area contributed by atoms with Crippen molar-refractivity contribution < 1.29 is 29.3 Å². The summed E-state index contributed by atoms with van der Waals surface area (Å²) < 4.78 is 5.33. The molecule has 0 unspecified atom stereocenters. The Morgan fingerprint density at radius 2 is 1.57 bits per heavy atom. The predicted molar refractivity (Wildman–Crippen MR) is 112 cm³/mol. The summed E-state index contributed by atoms with van der Waals surface area (Å²) in [4.78, 5) is 34.8. The van der Waals surface area contributed by atoms with Crippen LogP contribution in [0.5, 0.6) is 0 Å². The van der Waals surface area contributed by atoms with E-state index in [2.05, 4.69) is 17.1 Å². The van der Waals surface area contributed by atoms with Crippen LogP contribution >= 0.6 is 11.6 Å². The number of carboxylic acid groups (broad SMARTS) is 2. The van der Waals surface area contributed by atoms with Gasteiger partial charge in [0.05, 0.1) is 19.8 Å². The van der Waals surface area contributed by atoms with Gasteiger partial charge in [0.2, 0.25) is 5.91 Å². The highest BCUT2D eigenvalue weighted by molar-refractivity contribution is 6.30. The first-order valence-electron chi connectivity index (χ1n) is 9.83. The van der Waals surface area contributed by atoms with E-state index in [1.165, 1.54) is 5.56 Å². The van der Waals surface area contributed by atoms with E-state index in [0.29, 0.717) is 12.5 Å². The molecule has 0 spiro atoms. The maximum atomic E-state index is 12.4. The molecule has 2 aliphatic heterocycles. The summed E-state index contributed by atoms with van der Waals surface area (Å²) in [6.07, 6.45) is 6.51. The molecule has 3 rings (SSSR count). The summed E-state index contributed by atoms with van der Waals surface area (Å²) in [5.41, 5.74) is 1.17. The molecule has 0 aromatic heterocycles. The number of rotatable bonds is 4. The van der Waals surface area contributed by atoms with E-state index in [9.17, 15) is 4.79 Å². The van der Waals surface area contributed by atoms with Gasteiger partial charge in [0.25, 0.3) is 0 Å². The minimum absolute atomic E-state index is 0.261. The number of aliphatic carboxylic acids is 2. The van der Waals surface area contributed by atoms with E-state index in [1.807, 2.05) is 29.2 Å². The van der Waals surface area contributed by atoms with Gasteiger partial charge >= 0.3 is 11.9 Å². The smallest absolute Gasteiger partial charge is 0.414 e. The van der Waals surface area contributed by atoms with Crippen LogP contribution in [0.1, 0.15) is 18.4 Å². The van der Waals surface area contributed by atoms with Crippen molar-refractivity contribution in [2.75, 3.05) is 45.9 Å². The molecule has 0 saturated carbocycles. The first kappa shape index (κ1) is 23.9. The highest BCUT2D eigenvalue weighted by Gasteiger charge is 2.23. The van der Waals surface area contributed by atoms with Crippen molar-refractivity contribution in [3.63, 3.8) is 0 Å². The van der Waals surface area contributed by atoms with Crippen molar-refractivity contribution in [2.45, 2.75) is 12.8 Å². The molecule has 30 heavy (non-hydrogen) atoms. The van der Waals surface area contributed by atoms with Crippen LogP contribution in [0, 0.1) is 5.92 Å². The molecule has 0 aliphatic carbocycles. The van der Waals surface area contributed by atoms with E-state index < -0.39 is 11.9 Å². The van der Waals surface area contributed by atoms with Crippen LogP contribution in [0.4, 0.5) is 0 Å². The van der Waals surface area contributed by atoms with Crippen LogP contribution in [-0.4, -0.2) is 83.8 Å². The Morgan fingerprint density at radius 1 is 1.00 bits per heavy atom. The van der Waals surface area contributed by atoms with Gasteiger partial charge in [-0.25, -0.2) is 9.59 Å². The Labute approximate surface area is 180 Å². The molecule has 1 aromatic carbocycles. The summed E-state index contributed by atoms with van der Waals surface area (Å²) in [7, 11) is 0. The topological polar surface area (TPSA) is 107 Å². The third-order valence-electron chi connectivity index (χ3n) is 4.97. The van der Waals surface area contributed by atoms with Gasteiger partial charge in [0.1, 0.15) is 0 Å². The highest BCUT2D eigenvalue weighted by atomic mass is 35.5. The Balaban J connectivity index is 0.000000469. The minimum atomic E-state index is -1.82. The molecule has 0 atom stereocenters. The molecule has 2 heterocycles. The third kappa shape index (κ3) is 8.52. The lowest BCUT2D eigenvalue weighted by molar-refractivity contribution is -0.159. The lowest BCUT2D eigenvalue weighted by Crippen LogP contribution is -2.46. The molecule has 2 aliphatic rings. The largest absolute Gasteiger partial charge is 0.473 e. The zero-order valence-corrected chi connectivity index (χ0v) is 17.5. The van der Waals surface area contributed by atoms with Gasteiger partial charge < -0.3 is 19.8 Å². The van der Waals surface area contributed by atoms with Crippen molar-refractivity contribution in [3.8, 4) is 0 Å². The van der Waals surface area contributed by atoms with Crippen molar-refractivity contribution >= 4 is 35.5 Å². The van der Waals surface area contributed by atoms with E-state index >= 15 is 0 Å². The Hall–Kier alpha value is -2.42. The van der Waals surface area contributed by atoms with Gasteiger partial charge in [0.15, 0.2) is 0 Å². The monoisotopic (exact) mass is 438 g/mol. The third-order valence-corrected chi connectivity index (χ3v) is 5.22. The van der Waals surface area contributed by atoms with Gasteiger partial charge in [0, 0.05) is 31.2 Å². The molecular weight excluding hydrogens is 412 g/mol. The second-order valence-electron chi connectivity index (χ2n) is 7.13. The molecule has 0 radical (unpaired) electrons. The lowest BCUT2D eigenvalue weighted by Gasteiger charge is -2.33. The number of halogens is 1. The van der Waals surface area contributed by atoms with Crippen LogP contribution in [0.25, 0.3) is 6.08 Å². The van der Waals surface area contributed by atoms with Crippen molar-refractivity contribution in [1.29, 1.82) is 0 Å². The van der Waals surface area contributed by atoms with Gasteiger partial charge in [-0.2, -0.15) is 0 Å². The van der Waals surface area contributed by atoms with E-state index in [4.69, 9.17) is 36.1 Å². The fourth-order valence-electron chi connectivity index (χ4n) is 3.21. The highest BCUT2D eigenvalue weighted by Crippen LogP contribution is 2.20. The molecule has 2 saturated heterocycles. The number of hydrogen-bond acceptors (Lipinski definition) is 5. The summed E-state index contributed by atoms with van der Waals surface area (Å²) in [5.74, 6) is -2.84. The molecule has 8 nitrogen and oxygen atoms in total. The lowest BCUT2D eigenvalue weighted by atomic mass is 9.95. The average Bonchev–Trinajstić information content (AvgIpc) is 2.75. The summed E-state index contributed by atoms with van der Waals surface area (Å²) >= 11 is 5.90. The normalized spacial score (nSPS) is 18.0. The molecule has 1 amide bonds. The fraction of sp³-hybridized carbons (Fsp3) is 0.476. The first-order valence-corrected chi connectivity index (χ1v) is 10.2. The van der Waals surface area contributed by atoms with Crippen LogP contribution < -0.4 is 0 Å². The van der Waals surface area contributed by atoms with Crippen molar-refractivity contribution in [2.24, 2.45) is 5.92 Å². The summed E-state index contributed by atoms with van der Waals surface area (Å²) in [6, 6.07) is 7.88. The van der Waals surface area contributed by atoms with Crippen molar-refractivity contribution in [1.82, 2.24) is 9.80 Å². The van der Waals surface area contributed by atoms with E-state index in [1.54, 1.807) is 0 Å². The number of carboxylic acids is 2. The van der Waals surface area contributed by atoms with Gasteiger partial charge in [-0.15, -0.1) is 0 Å². The molecule has 0 bridgehead atoms. The Bertz CT molecular complexity index is 726. The zero-order chi connectivity index (χ0) is 21.9. The first-order chi connectivity index (χ1) is 14.3. The molecule has 164 valence electrons. The number of allylic oxidation sites excluding steroid dienone is 1. The quantitative estimate of drug-likeness (QED) is 0.693. The zero-order valence-electron chi connectivity index (χ0n) is 16.7. The summed E-state index contributed by atoms with van der Waals surface area (Å²) in [5, 5.41) is 15.5. The van der Waals surface area contributed by atoms with Gasteiger partial charge in [-0.05, 0) is 36.5 Å². The average molecular weight is 439 g/mol. The number of morpholine rings is 1. The van der Waals surface area contributed by atoms with Gasteiger partial charge in [-0.3, -0.25) is 9.69 Å². The van der Waals surface area contributed by atoms with Crippen molar-refractivity contribution in [3.05, 3.63) is 40.9 Å². The molecule has 1 aromatic rings. The SMILES string of the molecule is O=C(CN1CCOCC1)N1CCC(/C=C\c2ccc(Cl)cc2)CC1.O=C(O)C(=O)O. The van der Waals surface area contributed by atoms with Crippen LogP contribution in [0.2, 0.25) is 5.02 Å². The van der Waals surface area contributed by atoms with Crippen LogP contribution in [0.15, 0.2) is 30.3 Å². The Kier molecular flexibility index (Phi) is 9.79. The predicted octanol–water partition coefficient (Wildman–Crippen LogP) is 2.08. The Morgan fingerprint density at radius 3 is 2.10 bits per heavy atom. The molecular formula is C21H27ClN2O6. The maximum Gasteiger partial charge on any atom is 0.414 e. The van der Waals surface area contributed by atoms with E-state index in [0.717, 1.165) is 57.3 Å². The number of carbonyl (C=O) groups is 3. The number of ether oxygens (including phenoxy) is 1. The van der Waals surface area contributed by atoms with Crippen LogP contribution in [-0.2, 0) is 19.1 Å². The maximum absolute atomic E-state index is 12.4. The van der Waals surface area contributed by atoms with E-state index in [-0.39, 0.29) is 5.91 Å². The number of benzene rings is 1. The molecule has 2 N–H and O–H groups in total. The summed E-state index contributed by atoms with van der Waals surface area (Å²) in [6.45, 7) is 5.47. The number of hydrogen-bond donors (Lipinski definition) is 2. The van der Waals surface area contributed by atoms with Gasteiger partial charge in [-0.1, -0.05) is 35.9 Å². The second kappa shape index (κ2) is 12.3. The minimum Gasteiger partial charge on any atom is -0.473 e. The second-order valence-corrected chi connectivity index (χ2v) is 7.56. The molecule has 2 fully saturated rings. The number of amides is 1. The molecule has 9 heteroatoms. The van der Waals surface area contributed by atoms with Crippen LogP contribution in [0.3, 0.4) is 0 Å². The number of nitrogens with zero attached hydrogens (tertiary/aromatic N) is 2. The number of piperidine rings is 1. The standard InChI is InChI=1S/C19H25ClN2O2.C2H2O4/c20-18-5-3-16(4-6-18)1-2-17-7-9-22(10-8-17)19(23)15-21-11-13-24-14-12-21;3-1(4)2(5)6/h1-6,17H,7-15H2;(H,3,4)(H,5,6)/b2-1-;. The number of likely N-dealkylation sites (tertiary alicyclic amines) is 1.